The summed E-state index contributed by atoms with van der Waals surface area (Å²) in [5.74, 6) is 0. The average Bonchev–Trinajstić information content (AvgIpc) is 2.67. The first-order valence-electron chi connectivity index (χ1n) is 6.75. The lowest BCUT2D eigenvalue weighted by molar-refractivity contribution is 0.111. The van der Waals surface area contributed by atoms with Gasteiger partial charge in [0.05, 0.1) is 22.0 Å². The number of nitrogens with one attached hydrogen (secondary N) is 1. The number of halogens is 1. The smallest absolute Gasteiger partial charge is 0.0766 e. The van der Waals surface area contributed by atoms with Crippen molar-refractivity contribution in [1.29, 1.82) is 0 Å². The summed E-state index contributed by atoms with van der Waals surface area (Å²) in [7, 11) is 1.94. The van der Waals surface area contributed by atoms with Crippen molar-refractivity contribution in [3.8, 4) is 0 Å². The molecule has 2 unspecified atom stereocenters. The standard InChI is InChI=1S/C13H22BrN3O/c1-3-9-13(14)11(17(2)16-9)8-12(18)10-6-4-5-7-15-10/h10,12,15,18H,3-8H2,1-2H3. The molecule has 1 aliphatic heterocycles. The Hall–Kier alpha value is -0.390. The topological polar surface area (TPSA) is 50.1 Å². The Balaban J connectivity index is 2.06. The number of aliphatic hydroxyl groups excluding tert-OH is 1. The normalized spacial score (nSPS) is 22.1. The third kappa shape index (κ3) is 2.95. The zero-order valence-electron chi connectivity index (χ0n) is 11.1. The van der Waals surface area contributed by atoms with Crippen molar-refractivity contribution in [2.24, 2.45) is 7.05 Å². The zero-order chi connectivity index (χ0) is 13.1. The van der Waals surface area contributed by atoms with E-state index >= 15 is 0 Å². The molecule has 0 aromatic carbocycles. The maximum atomic E-state index is 10.3. The Labute approximate surface area is 117 Å². The third-order valence-corrected chi connectivity index (χ3v) is 4.63. The molecule has 2 heterocycles. The van der Waals surface area contributed by atoms with Gasteiger partial charge in [0.25, 0.3) is 0 Å². The second kappa shape index (κ2) is 6.17. The first-order chi connectivity index (χ1) is 8.63. The molecule has 5 heteroatoms. The van der Waals surface area contributed by atoms with Gasteiger partial charge in [-0.1, -0.05) is 13.3 Å². The Kier molecular flexibility index (Phi) is 4.81. The molecule has 1 saturated heterocycles. The van der Waals surface area contributed by atoms with Gasteiger partial charge in [-0.3, -0.25) is 4.68 Å². The minimum atomic E-state index is -0.332. The molecule has 0 aliphatic carbocycles. The van der Waals surface area contributed by atoms with Gasteiger partial charge >= 0.3 is 0 Å². The lowest BCUT2D eigenvalue weighted by atomic mass is 9.97. The van der Waals surface area contributed by atoms with Crippen molar-refractivity contribution in [3.63, 3.8) is 0 Å². The van der Waals surface area contributed by atoms with Crippen LogP contribution in [0.15, 0.2) is 4.47 Å². The fraction of sp³-hybridized carbons (Fsp3) is 0.769. The van der Waals surface area contributed by atoms with E-state index in [2.05, 4.69) is 33.3 Å². The number of hydrogen-bond acceptors (Lipinski definition) is 3. The predicted octanol–water partition coefficient (Wildman–Crippen LogP) is 1.79. The van der Waals surface area contributed by atoms with Crippen molar-refractivity contribution in [2.45, 2.75) is 51.2 Å². The maximum absolute atomic E-state index is 10.3. The Bertz CT molecular complexity index is 399. The van der Waals surface area contributed by atoms with Crippen molar-refractivity contribution in [3.05, 3.63) is 15.9 Å². The number of nitrogens with zero attached hydrogens (tertiary/aromatic N) is 2. The summed E-state index contributed by atoms with van der Waals surface area (Å²) < 4.78 is 2.94. The minimum absolute atomic E-state index is 0.227. The van der Waals surface area contributed by atoms with E-state index < -0.39 is 0 Å². The van der Waals surface area contributed by atoms with Crippen LogP contribution < -0.4 is 5.32 Å². The molecule has 0 bridgehead atoms. The van der Waals surface area contributed by atoms with Crippen molar-refractivity contribution in [2.75, 3.05) is 6.54 Å². The number of piperidine rings is 1. The van der Waals surface area contributed by atoms with Crippen LogP contribution in [0.4, 0.5) is 0 Å². The zero-order valence-corrected chi connectivity index (χ0v) is 12.7. The largest absolute Gasteiger partial charge is 0.391 e. The van der Waals surface area contributed by atoms with E-state index in [1.807, 2.05) is 11.7 Å². The van der Waals surface area contributed by atoms with Gasteiger partial charge in [0.2, 0.25) is 0 Å². The van der Waals surface area contributed by atoms with Crippen molar-refractivity contribution >= 4 is 15.9 Å². The van der Waals surface area contributed by atoms with Gasteiger partial charge in [-0.2, -0.15) is 5.10 Å². The lowest BCUT2D eigenvalue weighted by Crippen LogP contribution is -2.44. The summed E-state index contributed by atoms with van der Waals surface area (Å²) in [6, 6.07) is 0.227. The molecule has 2 N–H and O–H groups in total. The van der Waals surface area contributed by atoms with Crippen LogP contribution in [0.2, 0.25) is 0 Å². The predicted molar refractivity (Wildman–Crippen MR) is 75.6 cm³/mol. The average molecular weight is 316 g/mol. The van der Waals surface area contributed by atoms with Crippen molar-refractivity contribution < 1.29 is 5.11 Å². The van der Waals surface area contributed by atoms with Crippen LogP contribution in [-0.2, 0) is 19.9 Å². The molecule has 0 spiro atoms. The molecule has 2 rings (SSSR count). The fourth-order valence-corrected chi connectivity index (χ4v) is 3.37. The molecular weight excluding hydrogens is 294 g/mol. The molecular formula is C13H22BrN3O. The molecule has 102 valence electrons. The monoisotopic (exact) mass is 315 g/mol. The summed E-state index contributed by atoms with van der Waals surface area (Å²) in [4.78, 5) is 0. The Morgan fingerprint density at radius 2 is 2.33 bits per heavy atom. The SMILES string of the molecule is CCc1nn(C)c(CC(O)C2CCCCN2)c1Br. The van der Waals surface area contributed by atoms with E-state index in [-0.39, 0.29) is 12.1 Å². The van der Waals surface area contributed by atoms with Gasteiger partial charge < -0.3 is 10.4 Å². The molecule has 1 aliphatic rings. The molecule has 1 fully saturated rings. The van der Waals surface area contributed by atoms with E-state index in [0.29, 0.717) is 6.42 Å². The second-order valence-electron chi connectivity index (χ2n) is 5.01. The fourth-order valence-electron chi connectivity index (χ4n) is 2.59. The van der Waals surface area contributed by atoms with E-state index in [1.165, 1.54) is 12.8 Å². The second-order valence-corrected chi connectivity index (χ2v) is 5.81. The van der Waals surface area contributed by atoms with Crippen LogP contribution in [0, 0.1) is 0 Å². The number of aryl methyl sites for hydroxylation is 2. The Morgan fingerprint density at radius 3 is 2.89 bits per heavy atom. The number of aromatic nitrogens is 2. The first kappa shape index (κ1) is 14.0. The molecule has 0 saturated carbocycles. The van der Waals surface area contributed by atoms with Crippen LogP contribution >= 0.6 is 15.9 Å². The minimum Gasteiger partial charge on any atom is -0.391 e. The summed E-state index contributed by atoms with van der Waals surface area (Å²) in [6.45, 7) is 3.12. The summed E-state index contributed by atoms with van der Waals surface area (Å²) >= 11 is 3.60. The summed E-state index contributed by atoms with van der Waals surface area (Å²) in [5, 5.41) is 18.2. The van der Waals surface area contributed by atoms with Crippen molar-refractivity contribution in [1.82, 2.24) is 15.1 Å². The van der Waals surface area contributed by atoms with E-state index in [1.54, 1.807) is 0 Å². The number of rotatable bonds is 4. The van der Waals surface area contributed by atoms with Gasteiger partial charge in [-0.15, -0.1) is 0 Å². The van der Waals surface area contributed by atoms with Crippen LogP contribution in [0.1, 0.15) is 37.6 Å². The molecule has 1 aromatic rings. The number of aliphatic hydroxyl groups is 1. The molecule has 4 nitrogen and oxygen atoms in total. The van der Waals surface area contributed by atoms with E-state index in [9.17, 15) is 5.11 Å². The summed E-state index contributed by atoms with van der Waals surface area (Å²) in [5.41, 5.74) is 2.16. The van der Waals surface area contributed by atoms with Crippen LogP contribution in [0.3, 0.4) is 0 Å². The first-order valence-corrected chi connectivity index (χ1v) is 7.54. The molecule has 18 heavy (non-hydrogen) atoms. The van der Waals surface area contributed by atoms with E-state index in [4.69, 9.17) is 0 Å². The molecule has 2 atom stereocenters. The van der Waals surface area contributed by atoms with Crippen LogP contribution in [0.25, 0.3) is 0 Å². The van der Waals surface area contributed by atoms with Gasteiger partial charge in [-0.05, 0) is 41.7 Å². The van der Waals surface area contributed by atoms with E-state index in [0.717, 1.165) is 35.2 Å². The highest BCUT2D eigenvalue weighted by molar-refractivity contribution is 9.10. The molecule has 0 radical (unpaired) electrons. The highest BCUT2D eigenvalue weighted by Crippen LogP contribution is 2.24. The highest BCUT2D eigenvalue weighted by Gasteiger charge is 2.24. The van der Waals surface area contributed by atoms with Gasteiger partial charge in [-0.25, -0.2) is 0 Å². The third-order valence-electron chi connectivity index (χ3n) is 3.72. The number of hydrogen-bond donors (Lipinski definition) is 2. The van der Waals surface area contributed by atoms with Crippen LogP contribution in [0.5, 0.6) is 0 Å². The van der Waals surface area contributed by atoms with Gasteiger partial charge in [0, 0.05) is 19.5 Å². The molecule has 0 amide bonds. The summed E-state index contributed by atoms with van der Waals surface area (Å²) in [6.07, 6.45) is 4.73. The lowest BCUT2D eigenvalue weighted by Gasteiger charge is -2.28. The highest BCUT2D eigenvalue weighted by atomic mass is 79.9. The van der Waals surface area contributed by atoms with Gasteiger partial charge in [0.1, 0.15) is 0 Å². The quantitative estimate of drug-likeness (QED) is 0.890. The molecule has 1 aromatic heterocycles. The van der Waals surface area contributed by atoms with Crippen LogP contribution in [-0.4, -0.2) is 33.6 Å². The van der Waals surface area contributed by atoms with Gasteiger partial charge in [0.15, 0.2) is 0 Å². The maximum Gasteiger partial charge on any atom is 0.0766 e. The Morgan fingerprint density at radius 1 is 1.56 bits per heavy atom.